The van der Waals surface area contributed by atoms with Crippen molar-refractivity contribution < 1.29 is 14.3 Å². The maximum atomic E-state index is 11.6. The number of ether oxygens (including phenoxy) is 2. The summed E-state index contributed by atoms with van der Waals surface area (Å²) >= 11 is 0. The fourth-order valence-corrected chi connectivity index (χ4v) is 1.86. The first-order chi connectivity index (χ1) is 7.22. The van der Waals surface area contributed by atoms with Gasteiger partial charge >= 0.3 is 0 Å². The van der Waals surface area contributed by atoms with Crippen molar-refractivity contribution in [3.63, 3.8) is 0 Å². The van der Waals surface area contributed by atoms with E-state index in [9.17, 15) is 4.79 Å². The molecule has 15 heavy (non-hydrogen) atoms. The van der Waals surface area contributed by atoms with Gasteiger partial charge in [0.25, 0.3) is 0 Å². The Balaban J connectivity index is 2.53. The van der Waals surface area contributed by atoms with Crippen molar-refractivity contribution in [2.75, 3.05) is 33.9 Å². The van der Waals surface area contributed by atoms with Gasteiger partial charge in [0.1, 0.15) is 0 Å². The Morgan fingerprint density at radius 3 is 2.73 bits per heavy atom. The SMILES string of the molecule is CCC1C(=O)NCCN1CC(OC)OC. The number of hydrogen-bond acceptors (Lipinski definition) is 4. The van der Waals surface area contributed by atoms with E-state index < -0.39 is 0 Å². The molecule has 1 N–H and O–H groups in total. The minimum Gasteiger partial charge on any atom is -0.355 e. The van der Waals surface area contributed by atoms with Crippen molar-refractivity contribution in [3.8, 4) is 0 Å². The van der Waals surface area contributed by atoms with Crippen LogP contribution in [-0.2, 0) is 14.3 Å². The molecule has 1 heterocycles. The van der Waals surface area contributed by atoms with Gasteiger partial charge in [0, 0.05) is 27.3 Å². The number of hydrogen-bond donors (Lipinski definition) is 1. The number of nitrogens with one attached hydrogen (secondary N) is 1. The second kappa shape index (κ2) is 6.05. The van der Waals surface area contributed by atoms with Gasteiger partial charge in [-0.2, -0.15) is 0 Å². The van der Waals surface area contributed by atoms with Crippen LogP contribution in [0.5, 0.6) is 0 Å². The van der Waals surface area contributed by atoms with Gasteiger partial charge in [-0.25, -0.2) is 0 Å². The Bertz CT molecular complexity index is 207. The lowest BCUT2D eigenvalue weighted by molar-refractivity contribution is -0.140. The van der Waals surface area contributed by atoms with Crippen LogP contribution in [0.2, 0.25) is 0 Å². The van der Waals surface area contributed by atoms with Crippen LogP contribution < -0.4 is 5.32 Å². The average molecular weight is 216 g/mol. The van der Waals surface area contributed by atoms with Crippen LogP contribution in [0.1, 0.15) is 13.3 Å². The van der Waals surface area contributed by atoms with E-state index in [0.717, 1.165) is 13.0 Å². The molecule has 0 bridgehead atoms. The molecule has 88 valence electrons. The fourth-order valence-electron chi connectivity index (χ4n) is 1.86. The summed E-state index contributed by atoms with van der Waals surface area (Å²) < 4.78 is 10.3. The number of amides is 1. The van der Waals surface area contributed by atoms with Crippen LogP contribution in [-0.4, -0.2) is 57.0 Å². The molecule has 1 amide bonds. The van der Waals surface area contributed by atoms with Crippen molar-refractivity contribution in [2.24, 2.45) is 0 Å². The van der Waals surface area contributed by atoms with Gasteiger partial charge in [-0.3, -0.25) is 9.69 Å². The van der Waals surface area contributed by atoms with Crippen molar-refractivity contribution in [1.82, 2.24) is 10.2 Å². The predicted octanol–water partition coefficient (Wildman–Crippen LogP) is -0.184. The summed E-state index contributed by atoms with van der Waals surface area (Å²) in [5.74, 6) is 0.106. The molecule has 1 fully saturated rings. The first-order valence-corrected chi connectivity index (χ1v) is 5.30. The topological polar surface area (TPSA) is 50.8 Å². The van der Waals surface area contributed by atoms with E-state index in [2.05, 4.69) is 10.2 Å². The van der Waals surface area contributed by atoms with Crippen LogP contribution in [0.3, 0.4) is 0 Å². The molecule has 0 aromatic rings. The third-order valence-corrected chi connectivity index (χ3v) is 2.74. The summed E-state index contributed by atoms with van der Waals surface area (Å²) in [4.78, 5) is 13.7. The monoisotopic (exact) mass is 216 g/mol. The molecule has 1 unspecified atom stereocenters. The van der Waals surface area contributed by atoms with E-state index in [-0.39, 0.29) is 18.2 Å². The standard InChI is InChI=1S/C10H20N2O3/c1-4-8-10(13)11-5-6-12(8)7-9(14-2)15-3/h8-9H,4-7H2,1-3H3,(H,11,13). The number of methoxy groups -OCH3 is 2. The van der Waals surface area contributed by atoms with Crippen LogP contribution in [0.25, 0.3) is 0 Å². The molecule has 0 aromatic heterocycles. The lowest BCUT2D eigenvalue weighted by Gasteiger charge is -2.35. The molecule has 0 radical (unpaired) electrons. The summed E-state index contributed by atoms with van der Waals surface area (Å²) in [7, 11) is 3.22. The van der Waals surface area contributed by atoms with Crippen molar-refractivity contribution >= 4 is 5.91 Å². The molecular weight excluding hydrogens is 196 g/mol. The zero-order valence-corrected chi connectivity index (χ0v) is 9.66. The zero-order chi connectivity index (χ0) is 11.3. The second-order valence-electron chi connectivity index (χ2n) is 3.61. The molecule has 1 aliphatic heterocycles. The number of carbonyl (C=O) groups is 1. The smallest absolute Gasteiger partial charge is 0.237 e. The molecule has 0 saturated carbocycles. The maximum absolute atomic E-state index is 11.6. The fraction of sp³-hybridized carbons (Fsp3) is 0.900. The highest BCUT2D eigenvalue weighted by molar-refractivity contribution is 5.82. The normalized spacial score (nSPS) is 23.2. The largest absolute Gasteiger partial charge is 0.355 e. The molecule has 1 aliphatic rings. The highest BCUT2D eigenvalue weighted by atomic mass is 16.7. The van der Waals surface area contributed by atoms with Gasteiger partial charge in [-0.1, -0.05) is 6.92 Å². The molecule has 0 aliphatic carbocycles. The predicted molar refractivity (Wildman–Crippen MR) is 56.5 cm³/mol. The third kappa shape index (κ3) is 3.15. The molecule has 1 saturated heterocycles. The van der Waals surface area contributed by atoms with Gasteiger partial charge in [0.2, 0.25) is 5.91 Å². The van der Waals surface area contributed by atoms with E-state index in [0.29, 0.717) is 13.1 Å². The van der Waals surface area contributed by atoms with Crippen molar-refractivity contribution in [2.45, 2.75) is 25.7 Å². The maximum Gasteiger partial charge on any atom is 0.237 e. The van der Waals surface area contributed by atoms with Gasteiger partial charge in [0.05, 0.1) is 12.6 Å². The minimum absolute atomic E-state index is 0.0495. The van der Waals surface area contributed by atoms with E-state index in [1.807, 2.05) is 6.92 Å². The lowest BCUT2D eigenvalue weighted by atomic mass is 10.1. The third-order valence-electron chi connectivity index (χ3n) is 2.74. The summed E-state index contributed by atoms with van der Waals surface area (Å²) in [5.41, 5.74) is 0. The molecular formula is C10H20N2O3. The number of rotatable bonds is 5. The summed E-state index contributed by atoms with van der Waals surface area (Å²) in [6.45, 7) is 4.21. The first-order valence-electron chi connectivity index (χ1n) is 5.30. The van der Waals surface area contributed by atoms with Crippen molar-refractivity contribution in [3.05, 3.63) is 0 Å². The zero-order valence-electron chi connectivity index (χ0n) is 9.66. The van der Waals surface area contributed by atoms with Gasteiger partial charge < -0.3 is 14.8 Å². The summed E-state index contributed by atoms with van der Waals surface area (Å²) in [5, 5.41) is 2.86. The van der Waals surface area contributed by atoms with Crippen LogP contribution in [0.4, 0.5) is 0 Å². The van der Waals surface area contributed by atoms with E-state index >= 15 is 0 Å². The minimum atomic E-state index is -0.259. The highest BCUT2D eigenvalue weighted by Gasteiger charge is 2.29. The molecule has 0 spiro atoms. The first kappa shape index (κ1) is 12.4. The van der Waals surface area contributed by atoms with E-state index in [1.165, 1.54) is 0 Å². The van der Waals surface area contributed by atoms with Crippen LogP contribution in [0, 0.1) is 0 Å². The number of nitrogens with zero attached hydrogens (tertiary/aromatic N) is 1. The Morgan fingerprint density at radius 1 is 1.53 bits per heavy atom. The number of carbonyl (C=O) groups excluding carboxylic acids is 1. The quantitative estimate of drug-likeness (QED) is 0.647. The van der Waals surface area contributed by atoms with Gasteiger partial charge in [0.15, 0.2) is 6.29 Å². The van der Waals surface area contributed by atoms with Gasteiger partial charge in [-0.05, 0) is 6.42 Å². The van der Waals surface area contributed by atoms with E-state index in [4.69, 9.17) is 9.47 Å². The summed E-state index contributed by atoms with van der Waals surface area (Å²) in [6, 6.07) is -0.0495. The Morgan fingerprint density at radius 2 is 2.20 bits per heavy atom. The summed E-state index contributed by atoms with van der Waals surface area (Å²) in [6.07, 6.45) is 0.552. The van der Waals surface area contributed by atoms with Crippen molar-refractivity contribution in [1.29, 1.82) is 0 Å². The second-order valence-corrected chi connectivity index (χ2v) is 3.61. The lowest BCUT2D eigenvalue weighted by Crippen LogP contribution is -2.56. The Hall–Kier alpha value is -0.650. The Labute approximate surface area is 90.7 Å². The van der Waals surface area contributed by atoms with Gasteiger partial charge in [-0.15, -0.1) is 0 Å². The molecule has 0 aromatic carbocycles. The highest BCUT2D eigenvalue weighted by Crippen LogP contribution is 2.10. The van der Waals surface area contributed by atoms with E-state index in [1.54, 1.807) is 14.2 Å². The Kier molecular flexibility index (Phi) is 5.01. The average Bonchev–Trinajstić information content (AvgIpc) is 2.26. The molecule has 1 rings (SSSR count). The van der Waals surface area contributed by atoms with Crippen LogP contribution in [0.15, 0.2) is 0 Å². The molecule has 5 nitrogen and oxygen atoms in total. The number of piperazine rings is 1. The molecule has 1 atom stereocenters. The molecule has 5 heteroatoms. The van der Waals surface area contributed by atoms with Crippen LogP contribution >= 0.6 is 0 Å².